The van der Waals surface area contributed by atoms with Gasteiger partial charge >= 0.3 is 0 Å². The minimum Gasteiger partial charge on any atom is -0.370 e. The summed E-state index contributed by atoms with van der Waals surface area (Å²) in [6.07, 6.45) is 6.15. The van der Waals surface area contributed by atoms with Crippen LogP contribution in [0.15, 0.2) is 42.6 Å². The first-order valence-corrected chi connectivity index (χ1v) is 11.7. The van der Waals surface area contributed by atoms with Gasteiger partial charge in [0, 0.05) is 54.5 Å². The number of hydrogen-bond donors (Lipinski definition) is 2. The van der Waals surface area contributed by atoms with E-state index < -0.39 is 0 Å². The minimum absolute atomic E-state index is 0.0192. The maximum absolute atomic E-state index is 12.8. The standard InChI is InChI=1S/C26H32N4O2/c1-18-19(2)29-24-7-6-20(15-23(18)24)25(31)28-16-22-8-9-26(32-22)10-13-30(14-11-26)17-21-5-3-4-12-27-21/h3-7,12,15,22,29H,8-11,13-14,16-17H2,1-2H3,(H,28,31). The van der Waals surface area contributed by atoms with Crippen molar-refractivity contribution in [1.82, 2.24) is 20.2 Å². The van der Waals surface area contributed by atoms with Gasteiger partial charge in [0.15, 0.2) is 0 Å². The molecule has 2 aliphatic rings. The fraction of sp³-hybridized carbons (Fsp3) is 0.462. The van der Waals surface area contributed by atoms with Crippen molar-refractivity contribution in [3.63, 3.8) is 0 Å². The number of nitrogens with one attached hydrogen (secondary N) is 2. The number of aromatic amines is 1. The first kappa shape index (κ1) is 21.2. The summed E-state index contributed by atoms with van der Waals surface area (Å²) >= 11 is 0. The molecule has 32 heavy (non-hydrogen) atoms. The first-order valence-electron chi connectivity index (χ1n) is 11.7. The Labute approximate surface area is 189 Å². The summed E-state index contributed by atoms with van der Waals surface area (Å²) < 4.78 is 6.51. The highest BCUT2D eigenvalue weighted by Crippen LogP contribution is 2.39. The van der Waals surface area contributed by atoms with E-state index in [2.05, 4.69) is 40.1 Å². The summed E-state index contributed by atoms with van der Waals surface area (Å²) in [4.78, 5) is 23.0. The highest BCUT2D eigenvalue weighted by atomic mass is 16.5. The molecule has 2 N–H and O–H groups in total. The monoisotopic (exact) mass is 432 g/mol. The van der Waals surface area contributed by atoms with Crippen molar-refractivity contribution in [3.8, 4) is 0 Å². The maximum Gasteiger partial charge on any atom is 0.251 e. The lowest BCUT2D eigenvalue weighted by atomic mass is 9.88. The molecule has 0 saturated carbocycles. The molecule has 0 radical (unpaired) electrons. The number of aryl methyl sites for hydroxylation is 2. The molecule has 1 amide bonds. The molecule has 5 rings (SSSR count). The van der Waals surface area contributed by atoms with Crippen LogP contribution in [0.1, 0.15) is 53.0 Å². The van der Waals surface area contributed by atoms with E-state index in [1.165, 1.54) is 5.56 Å². The zero-order chi connectivity index (χ0) is 22.1. The van der Waals surface area contributed by atoms with Gasteiger partial charge in [-0.1, -0.05) is 6.07 Å². The van der Waals surface area contributed by atoms with Gasteiger partial charge in [-0.05, 0) is 75.4 Å². The SMILES string of the molecule is Cc1[nH]c2ccc(C(=O)NCC3CCC4(CCN(Cc5ccccn5)CC4)O3)cc2c1C. The Morgan fingerprint density at radius 3 is 2.84 bits per heavy atom. The van der Waals surface area contributed by atoms with Gasteiger partial charge in [0.05, 0.1) is 17.4 Å². The number of amides is 1. The van der Waals surface area contributed by atoms with E-state index in [0.29, 0.717) is 12.1 Å². The Kier molecular flexibility index (Phi) is 5.74. The van der Waals surface area contributed by atoms with Crippen LogP contribution in [-0.2, 0) is 11.3 Å². The van der Waals surface area contributed by atoms with E-state index in [9.17, 15) is 4.79 Å². The topological polar surface area (TPSA) is 70.2 Å². The largest absolute Gasteiger partial charge is 0.370 e. The molecule has 3 aromatic rings. The van der Waals surface area contributed by atoms with Crippen LogP contribution in [0.3, 0.4) is 0 Å². The van der Waals surface area contributed by atoms with Gasteiger partial charge in [0.2, 0.25) is 0 Å². The van der Waals surface area contributed by atoms with Crippen molar-refractivity contribution in [2.45, 2.75) is 57.8 Å². The number of hydrogen-bond acceptors (Lipinski definition) is 4. The van der Waals surface area contributed by atoms with E-state index in [1.54, 1.807) is 0 Å². The minimum atomic E-state index is -0.0279. The van der Waals surface area contributed by atoms with Crippen molar-refractivity contribution >= 4 is 16.8 Å². The van der Waals surface area contributed by atoms with Crippen molar-refractivity contribution in [1.29, 1.82) is 0 Å². The lowest BCUT2D eigenvalue weighted by molar-refractivity contribution is -0.0765. The number of pyridine rings is 1. The first-order chi connectivity index (χ1) is 15.5. The number of H-pyrrole nitrogens is 1. The van der Waals surface area contributed by atoms with E-state index in [-0.39, 0.29) is 17.6 Å². The molecular weight excluding hydrogens is 400 g/mol. The molecule has 0 aliphatic carbocycles. The van der Waals surface area contributed by atoms with Crippen LogP contribution < -0.4 is 5.32 Å². The summed E-state index contributed by atoms with van der Waals surface area (Å²) in [5.74, 6) is -0.0279. The Hall–Kier alpha value is -2.70. The number of carbonyl (C=O) groups is 1. The Morgan fingerprint density at radius 2 is 2.06 bits per heavy atom. The maximum atomic E-state index is 12.8. The van der Waals surface area contributed by atoms with E-state index >= 15 is 0 Å². The normalized spacial score (nSPS) is 20.8. The molecular formula is C26H32N4O2. The Bertz CT molecular complexity index is 1100. The predicted molar refractivity (Wildman–Crippen MR) is 126 cm³/mol. The summed E-state index contributed by atoms with van der Waals surface area (Å²) in [6, 6.07) is 12.0. The second-order valence-electron chi connectivity index (χ2n) is 9.40. The van der Waals surface area contributed by atoms with Gasteiger partial charge < -0.3 is 15.0 Å². The van der Waals surface area contributed by atoms with Gasteiger partial charge in [-0.2, -0.15) is 0 Å². The van der Waals surface area contributed by atoms with Crippen LogP contribution in [-0.4, -0.2) is 52.1 Å². The molecule has 168 valence electrons. The lowest BCUT2D eigenvalue weighted by Gasteiger charge is -2.39. The number of benzene rings is 1. The van der Waals surface area contributed by atoms with E-state index in [4.69, 9.17) is 4.74 Å². The third-order valence-corrected chi connectivity index (χ3v) is 7.28. The molecule has 2 fully saturated rings. The lowest BCUT2D eigenvalue weighted by Crippen LogP contribution is -2.45. The zero-order valence-electron chi connectivity index (χ0n) is 19.0. The molecule has 1 atom stereocenters. The molecule has 2 saturated heterocycles. The van der Waals surface area contributed by atoms with Crippen LogP contribution >= 0.6 is 0 Å². The van der Waals surface area contributed by atoms with Gasteiger partial charge in [-0.15, -0.1) is 0 Å². The van der Waals surface area contributed by atoms with Gasteiger partial charge in [0.25, 0.3) is 5.91 Å². The second-order valence-corrected chi connectivity index (χ2v) is 9.40. The van der Waals surface area contributed by atoms with Gasteiger partial charge in [-0.25, -0.2) is 0 Å². The molecule has 2 aromatic heterocycles. The second kappa shape index (κ2) is 8.68. The number of nitrogens with zero attached hydrogens (tertiary/aromatic N) is 2. The molecule has 2 aliphatic heterocycles. The fourth-order valence-corrected chi connectivity index (χ4v) is 5.16. The van der Waals surface area contributed by atoms with E-state index in [1.807, 2.05) is 36.5 Å². The Morgan fingerprint density at radius 1 is 1.22 bits per heavy atom. The number of ether oxygens (including phenoxy) is 1. The molecule has 6 heteroatoms. The molecule has 4 heterocycles. The fourth-order valence-electron chi connectivity index (χ4n) is 5.16. The number of likely N-dealkylation sites (tertiary alicyclic amines) is 1. The Balaban J connectivity index is 1.12. The van der Waals surface area contributed by atoms with Crippen LogP contribution in [0.25, 0.3) is 10.9 Å². The zero-order valence-corrected chi connectivity index (χ0v) is 19.0. The third kappa shape index (κ3) is 4.30. The number of piperidine rings is 1. The van der Waals surface area contributed by atoms with Crippen molar-refractivity contribution < 1.29 is 9.53 Å². The summed E-state index contributed by atoms with van der Waals surface area (Å²) in [5, 5.41) is 4.22. The predicted octanol–water partition coefficient (Wildman–Crippen LogP) is 4.12. The summed E-state index contributed by atoms with van der Waals surface area (Å²) in [7, 11) is 0. The van der Waals surface area contributed by atoms with Crippen molar-refractivity contribution in [2.75, 3.05) is 19.6 Å². The van der Waals surface area contributed by atoms with E-state index in [0.717, 1.165) is 67.6 Å². The van der Waals surface area contributed by atoms with Crippen LogP contribution in [0.4, 0.5) is 0 Å². The average molecular weight is 433 g/mol. The molecule has 1 unspecified atom stereocenters. The van der Waals surface area contributed by atoms with Crippen molar-refractivity contribution in [2.24, 2.45) is 0 Å². The van der Waals surface area contributed by atoms with Crippen molar-refractivity contribution in [3.05, 3.63) is 65.1 Å². The number of fused-ring (bicyclic) bond motifs is 1. The van der Waals surface area contributed by atoms with Gasteiger partial charge in [-0.3, -0.25) is 14.7 Å². The number of rotatable bonds is 5. The van der Waals surface area contributed by atoms with Crippen LogP contribution in [0.2, 0.25) is 0 Å². The average Bonchev–Trinajstić information content (AvgIpc) is 3.34. The molecule has 1 aromatic carbocycles. The highest BCUT2D eigenvalue weighted by Gasteiger charge is 2.42. The molecule has 1 spiro atoms. The van der Waals surface area contributed by atoms with Gasteiger partial charge in [0.1, 0.15) is 0 Å². The van der Waals surface area contributed by atoms with Crippen LogP contribution in [0.5, 0.6) is 0 Å². The summed E-state index contributed by atoms with van der Waals surface area (Å²) in [5.41, 5.74) is 5.23. The van der Waals surface area contributed by atoms with Crippen LogP contribution in [0, 0.1) is 13.8 Å². The summed E-state index contributed by atoms with van der Waals surface area (Å²) in [6.45, 7) is 7.69. The number of carbonyl (C=O) groups excluding carboxylic acids is 1. The smallest absolute Gasteiger partial charge is 0.251 e. The number of aromatic nitrogens is 2. The highest BCUT2D eigenvalue weighted by molar-refractivity contribution is 5.99. The quantitative estimate of drug-likeness (QED) is 0.636. The molecule has 0 bridgehead atoms. The third-order valence-electron chi connectivity index (χ3n) is 7.28. The molecule has 6 nitrogen and oxygen atoms in total.